The van der Waals surface area contributed by atoms with E-state index in [0.717, 1.165) is 13.1 Å². The van der Waals surface area contributed by atoms with E-state index in [1.165, 1.54) is 13.0 Å². The normalized spacial score (nSPS) is 24.1. The highest BCUT2D eigenvalue weighted by Crippen LogP contribution is 2.35. The lowest BCUT2D eigenvalue weighted by molar-refractivity contribution is -0.192. The molecular formula is C14H15BrF7N5O3S. The monoisotopic (exact) mass is 545 g/mol. The van der Waals surface area contributed by atoms with Crippen molar-refractivity contribution < 1.29 is 44.8 Å². The predicted molar refractivity (Wildman–Crippen MR) is 98.7 cm³/mol. The van der Waals surface area contributed by atoms with Gasteiger partial charge < -0.3 is 10.8 Å². The number of aliphatic carboxylic acids is 1. The van der Waals surface area contributed by atoms with E-state index in [9.17, 15) is 34.9 Å². The van der Waals surface area contributed by atoms with Crippen molar-refractivity contribution in [1.29, 1.82) is 0 Å². The van der Waals surface area contributed by atoms with Gasteiger partial charge in [0.25, 0.3) is 0 Å². The summed E-state index contributed by atoms with van der Waals surface area (Å²) in [5.41, 5.74) is 3.92. The maximum Gasteiger partial charge on any atom is 0.490 e. The van der Waals surface area contributed by atoms with E-state index >= 15 is 0 Å². The molecule has 0 fully saturated rings. The largest absolute Gasteiger partial charge is 0.490 e. The summed E-state index contributed by atoms with van der Waals surface area (Å²) < 4.78 is 101. The van der Waals surface area contributed by atoms with Gasteiger partial charge in [0.1, 0.15) is 38.1 Å². The van der Waals surface area contributed by atoms with Crippen LogP contribution >= 0.6 is 15.9 Å². The Bertz CT molecular complexity index is 991. The molecular weight excluding hydrogens is 531 g/mol. The molecule has 0 aromatic carbocycles. The number of hydrogen-bond donors (Lipinski definition) is 2. The van der Waals surface area contributed by atoms with Gasteiger partial charge in [-0.25, -0.2) is 32.0 Å². The summed E-state index contributed by atoms with van der Waals surface area (Å²) in [4.78, 5) is 16.8. The van der Waals surface area contributed by atoms with Crippen molar-refractivity contribution in [2.24, 2.45) is 15.1 Å². The molecule has 2 atom stereocenters. The molecule has 2 rings (SSSR count). The van der Waals surface area contributed by atoms with Gasteiger partial charge in [-0.15, -0.1) is 0 Å². The van der Waals surface area contributed by atoms with Gasteiger partial charge in [0.2, 0.25) is 5.96 Å². The number of carboxylic acids is 1. The molecule has 8 nitrogen and oxygen atoms in total. The molecule has 31 heavy (non-hydrogen) atoms. The smallest absolute Gasteiger partial charge is 0.475 e. The van der Waals surface area contributed by atoms with Crippen molar-refractivity contribution in [2.75, 3.05) is 19.3 Å². The zero-order valence-electron chi connectivity index (χ0n) is 15.6. The third-order valence-corrected chi connectivity index (χ3v) is 6.56. The summed E-state index contributed by atoms with van der Waals surface area (Å²) in [6.45, 7) is -0.170. The minimum absolute atomic E-state index is 0.178. The number of carboxylic acid groups (broad SMARTS) is 1. The molecule has 0 amide bonds. The first-order valence-corrected chi connectivity index (χ1v) is 10.2. The number of carbonyl (C=O) groups is 1. The topological polar surface area (TPSA) is 121 Å². The number of hydrogen-bond acceptors (Lipinski definition) is 6. The maximum atomic E-state index is 14.1. The van der Waals surface area contributed by atoms with E-state index in [-0.39, 0.29) is 5.69 Å². The molecule has 0 radical (unpaired) electrons. The Balaban J connectivity index is 0.000000592. The van der Waals surface area contributed by atoms with E-state index in [4.69, 9.17) is 15.6 Å². The highest BCUT2D eigenvalue weighted by molar-refractivity contribution is 9.10. The first kappa shape index (κ1) is 26.9. The number of rotatable bonds is 2. The lowest BCUT2D eigenvalue weighted by Gasteiger charge is -2.38. The molecule has 0 aliphatic carbocycles. The van der Waals surface area contributed by atoms with Crippen LogP contribution in [0, 0.1) is 5.82 Å². The van der Waals surface area contributed by atoms with Crippen LogP contribution in [-0.2, 0) is 20.2 Å². The van der Waals surface area contributed by atoms with Crippen LogP contribution in [0.5, 0.6) is 0 Å². The second kappa shape index (κ2) is 9.13. The second-order valence-electron chi connectivity index (χ2n) is 6.10. The molecule has 1 aliphatic rings. The zero-order valence-corrected chi connectivity index (χ0v) is 18.0. The average molecular weight is 546 g/mol. The summed E-state index contributed by atoms with van der Waals surface area (Å²) >= 11 is 3.09. The molecule has 2 unspecified atom stereocenters. The van der Waals surface area contributed by atoms with Crippen LogP contribution in [0.1, 0.15) is 12.6 Å². The van der Waals surface area contributed by atoms with Crippen molar-refractivity contribution in [3.63, 3.8) is 0 Å². The first-order chi connectivity index (χ1) is 13.8. The molecule has 1 aromatic rings. The van der Waals surface area contributed by atoms with Crippen molar-refractivity contribution in [1.82, 2.24) is 9.29 Å². The summed E-state index contributed by atoms with van der Waals surface area (Å²) in [5, 5.41) is 7.12. The fourth-order valence-corrected chi connectivity index (χ4v) is 4.76. The summed E-state index contributed by atoms with van der Waals surface area (Å²) in [5.74, 6) is -4.60. The summed E-state index contributed by atoms with van der Waals surface area (Å²) in [6.07, 6.45) is -9.74. The SMILES string of the molecule is CN=S1(=O)CC(C)(c2nc(Br)ccc2F)N=C(N)N1CC(F)(F)F.O=C(O)C(F)(F)F. The van der Waals surface area contributed by atoms with Gasteiger partial charge in [-0.3, -0.25) is 0 Å². The Morgan fingerprint density at radius 3 is 2.29 bits per heavy atom. The number of nitrogens with zero attached hydrogens (tertiary/aromatic N) is 4. The number of aliphatic imine (C=N–C) groups is 1. The van der Waals surface area contributed by atoms with E-state index in [1.807, 2.05) is 0 Å². The Hall–Kier alpha value is -2.17. The maximum absolute atomic E-state index is 14.1. The second-order valence-corrected chi connectivity index (χ2v) is 9.22. The van der Waals surface area contributed by atoms with Gasteiger partial charge in [0.15, 0.2) is 0 Å². The molecule has 0 bridgehead atoms. The minimum Gasteiger partial charge on any atom is -0.475 e. The van der Waals surface area contributed by atoms with Gasteiger partial charge in [0.05, 0.1) is 5.75 Å². The summed E-state index contributed by atoms with van der Waals surface area (Å²) in [6, 6.07) is 2.48. The van der Waals surface area contributed by atoms with Crippen molar-refractivity contribution in [3.05, 3.63) is 28.2 Å². The van der Waals surface area contributed by atoms with E-state index in [0.29, 0.717) is 8.91 Å². The van der Waals surface area contributed by atoms with Crippen LogP contribution in [0.3, 0.4) is 0 Å². The number of alkyl halides is 6. The van der Waals surface area contributed by atoms with Crippen molar-refractivity contribution in [2.45, 2.75) is 24.8 Å². The standard InChI is InChI=1S/C12H14BrF4N5OS.C2HF3O2/c1-11(9-7(14)3-4-8(13)20-9)6-24(23,19-2)22(10(18)21-11)5-12(15,16)17;3-2(4,5)1(6)7/h3-4H,5-6H2,1-2H3,(H2,18,21);(H,6,7). The summed E-state index contributed by atoms with van der Waals surface area (Å²) in [7, 11) is -2.46. The van der Waals surface area contributed by atoms with Gasteiger partial charge in [0, 0.05) is 7.05 Å². The zero-order chi connectivity index (χ0) is 24.4. The van der Waals surface area contributed by atoms with E-state index in [2.05, 4.69) is 30.3 Å². The Morgan fingerprint density at radius 2 is 1.87 bits per heavy atom. The predicted octanol–water partition coefficient (Wildman–Crippen LogP) is 3.04. The number of guanidine groups is 1. The van der Waals surface area contributed by atoms with Crippen molar-refractivity contribution >= 4 is 37.8 Å². The van der Waals surface area contributed by atoms with Crippen LogP contribution in [0.2, 0.25) is 0 Å². The van der Waals surface area contributed by atoms with Gasteiger partial charge in [-0.05, 0) is 35.0 Å². The van der Waals surface area contributed by atoms with Gasteiger partial charge >= 0.3 is 18.3 Å². The van der Waals surface area contributed by atoms with Gasteiger partial charge in [-0.2, -0.15) is 26.3 Å². The van der Waals surface area contributed by atoms with Crippen LogP contribution in [0.4, 0.5) is 30.7 Å². The van der Waals surface area contributed by atoms with Crippen LogP contribution in [-0.4, -0.2) is 62.2 Å². The number of pyridine rings is 1. The number of halogens is 8. The van der Waals surface area contributed by atoms with E-state index in [1.54, 1.807) is 0 Å². The Labute approximate surface area is 179 Å². The first-order valence-electron chi connectivity index (χ1n) is 7.80. The lowest BCUT2D eigenvalue weighted by atomic mass is 10.00. The van der Waals surface area contributed by atoms with Gasteiger partial charge in [-0.1, -0.05) is 0 Å². The molecule has 3 N–H and O–H groups in total. The third-order valence-electron chi connectivity index (χ3n) is 3.60. The fraction of sp³-hybridized carbons (Fsp3) is 0.500. The minimum atomic E-state index is -5.08. The molecule has 176 valence electrons. The molecule has 2 heterocycles. The average Bonchev–Trinajstić information content (AvgIpc) is 2.59. The highest BCUT2D eigenvalue weighted by atomic mass is 79.9. The van der Waals surface area contributed by atoms with E-state index < -0.39 is 57.9 Å². The molecule has 0 saturated carbocycles. The number of aromatic nitrogens is 1. The lowest BCUT2D eigenvalue weighted by Crippen LogP contribution is -2.55. The molecule has 1 aromatic heterocycles. The van der Waals surface area contributed by atoms with Crippen molar-refractivity contribution in [3.8, 4) is 0 Å². The quantitative estimate of drug-likeness (QED) is 0.437. The molecule has 0 saturated heterocycles. The fourth-order valence-electron chi connectivity index (χ4n) is 2.36. The Kier molecular flexibility index (Phi) is 7.92. The van der Waals surface area contributed by atoms with Crippen LogP contribution in [0.25, 0.3) is 0 Å². The number of nitrogens with two attached hydrogens (primary N) is 1. The van der Waals surface area contributed by atoms with Crippen LogP contribution < -0.4 is 5.73 Å². The Morgan fingerprint density at radius 1 is 1.35 bits per heavy atom. The molecule has 17 heteroatoms. The third kappa shape index (κ3) is 6.91. The highest BCUT2D eigenvalue weighted by Gasteiger charge is 2.46. The van der Waals surface area contributed by atoms with Crippen LogP contribution in [0.15, 0.2) is 26.1 Å². The molecule has 1 aliphatic heterocycles. The molecule has 0 spiro atoms.